The average molecular weight is 407 g/mol. The predicted molar refractivity (Wildman–Crippen MR) is 111 cm³/mol. The monoisotopic (exact) mass is 407 g/mol. The highest BCUT2D eigenvalue weighted by molar-refractivity contribution is 8.00. The zero-order chi connectivity index (χ0) is 20.5. The zero-order valence-electron chi connectivity index (χ0n) is 15.6. The fraction of sp³-hybridized carbons (Fsp3) is 0.130. The van der Waals surface area contributed by atoms with Gasteiger partial charge in [0.15, 0.2) is 0 Å². The Kier molecular flexibility index (Phi) is 5.11. The van der Waals surface area contributed by atoms with E-state index in [9.17, 15) is 19.1 Å². The molecule has 1 aliphatic rings. The van der Waals surface area contributed by atoms with Gasteiger partial charge in [-0.1, -0.05) is 30.3 Å². The van der Waals surface area contributed by atoms with Crippen LogP contribution in [0.25, 0.3) is 11.1 Å². The Morgan fingerprint density at radius 2 is 1.72 bits per heavy atom. The number of aromatic carboxylic acids is 1. The quantitative estimate of drug-likeness (QED) is 0.648. The molecule has 0 radical (unpaired) electrons. The topological polar surface area (TPSA) is 66.4 Å². The van der Waals surface area contributed by atoms with Crippen LogP contribution in [0.2, 0.25) is 0 Å². The lowest BCUT2D eigenvalue weighted by atomic mass is 9.89. The van der Waals surface area contributed by atoms with E-state index in [1.54, 1.807) is 49.1 Å². The van der Waals surface area contributed by atoms with Crippen LogP contribution in [0.1, 0.15) is 32.7 Å². The van der Waals surface area contributed by atoms with E-state index in [1.807, 2.05) is 24.3 Å². The van der Waals surface area contributed by atoms with E-state index >= 15 is 0 Å². The lowest BCUT2D eigenvalue weighted by molar-refractivity contribution is -0.122. The maximum absolute atomic E-state index is 13.4. The molecule has 0 saturated carbocycles. The maximum atomic E-state index is 13.4. The highest BCUT2D eigenvalue weighted by Crippen LogP contribution is 2.55. The number of halogens is 1. The molecule has 6 heteroatoms. The van der Waals surface area contributed by atoms with Gasteiger partial charge < -0.3 is 10.4 Å². The van der Waals surface area contributed by atoms with E-state index in [-0.39, 0.29) is 22.5 Å². The van der Waals surface area contributed by atoms with Crippen molar-refractivity contribution in [2.24, 2.45) is 0 Å². The molecule has 2 atom stereocenters. The Morgan fingerprint density at radius 1 is 1.00 bits per heavy atom. The number of hydrogen-bond donors (Lipinski definition) is 2. The number of fused-ring (bicyclic) bond motifs is 1. The number of amides is 1. The molecule has 1 amide bonds. The summed E-state index contributed by atoms with van der Waals surface area (Å²) in [4.78, 5) is 25.0. The summed E-state index contributed by atoms with van der Waals surface area (Å²) in [5.41, 5.74) is 3.61. The van der Waals surface area contributed by atoms with Gasteiger partial charge in [-0.05, 0) is 58.7 Å². The third kappa shape index (κ3) is 3.63. The van der Waals surface area contributed by atoms with Gasteiger partial charge in [0.25, 0.3) is 0 Å². The Morgan fingerprint density at radius 3 is 2.41 bits per heavy atom. The molecule has 0 aliphatic carbocycles. The first-order chi connectivity index (χ1) is 14.0. The maximum Gasteiger partial charge on any atom is 0.335 e. The summed E-state index contributed by atoms with van der Waals surface area (Å²) in [7, 11) is 1.60. The number of nitrogens with one attached hydrogen (secondary N) is 1. The van der Waals surface area contributed by atoms with E-state index in [2.05, 4.69) is 5.32 Å². The van der Waals surface area contributed by atoms with Crippen molar-refractivity contribution in [3.63, 3.8) is 0 Å². The van der Waals surface area contributed by atoms with E-state index in [1.165, 1.54) is 12.1 Å². The van der Waals surface area contributed by atoms with Crippen LogP contribution in [0.5, 0.6) is 0 Å². The normalized spacial score (nSPS) is 17.6. The van der Waals surface area contributed by atoms with E-state index in [0.717, 1.165) is 27.1 Å². The highest BCUT2D eigenvalue weighted by atomic mass is 32.2. The largest absolute Gasteiger partial charge is 0.478 e. The summed E-state index contributed by atoms with van der Waals surface area (Å²) < 4.78 is 13.4. The summed E-state index contributed by atoms with van der Waals surface area (Å²) in [5.74, 6) is -1.83. The standard InChI is InChI=1S/C23H18FNO3S/c1-25-22(26)20-18-12-15(14-3-2-4-16(11-14)23(27)28)7-10-19(18)29-21(20)13-5-8-17(24)9-6-13/h2-12,20-21H,1H3,(H,25,26)(H,27,28). The third-order valence-electron chi connectivity index (χ3n) is 5.07. The molecule has 2 N–H and O–H groups in total. The number of benzene rings is 3. The number of carboxylic acid groups (broad SMARTS) is 1. The van der Waals surface area contributed by atoms with Crippen LogP contribution in [0, 0.1) is 5.82 Å². The van der Waals surface area contributed by atoms with Crippen LogP contribution in [0.4, 0.5) is 4.39 Å². The SMILES string of the molecule is CNC(=O)C1c2cc(-c3cccc(C(=O)O)c3)ccc2SC1c1ccc(F)cc1. The minimum Gasteiger partial charge on any atom is -0.478 e. The predicted octanol–water partition coefficient (Wildman–Crippen LogP) is 4.87. The van der Waals surface area contributed by atoms with Gasteiger partial charge in [-0.2, -0.15) is 0 Å². The smallest absolute Gasteiger partial charge is 0.335 e. The van der Waals surface area contributed by atoms with Crippen LogP contribution in [0.15, 0.2) is 71.6 Å². The Hall–Kier alpha value is -3.12. The molecular formula is C23H18FNO3S. The highest BCUT2D eigenvalue weighted by Gasteiger charge is 2.39. The van der Waals surface area contributed by atoms with Crippen molar-refractivity contribution in [2.45, 2.75) is 16.1 Å². The molecule has 0 saturated heterocycles. The van der Waals surface area contributed by atoms with Gasteiger partial charge in [0, 0.05) is 11.9 Å². The summed E-state index contributed by atoms with van der Waals surface area (Å²) in [6, 6.07) is 18.8. The molecule has 0 aromatic heterocycles. The molecule has 3 aromatic carbocycles. The fourth-order valence-corrected chi connectivity index (χ4v) is 5.07. The minimum atomic E-state index is -0.983. The second kappa shape index (κ2) is 7.72. The first-order valence-corrected chi connectivity index (χ1v) is 9.97. The summed E-state index contributed by atoms with van der Waals surface area (Å²) in [5, 5.41) is 11.8. The van der Waals surface area contributed by atoms with Crippen LogP contribution in [0.3, 0.4) is 0 Å². The molecular weight excluding hydrogens is 389 g/mol. The van der Waals surface area contributed by atoms with Crippen LogP contribution in [-0.4, -0.2) is 24.0 Å². The second-order valence-electron chi connectivity index (χ2n) is 6.82. The van der Waals surface area contributed by atoms with Crippen molar-refractivity contribution in [1.82, 2.24) is 5.32 Å². The molecule has 4 nitrogen and oxygen atoms in total. The molecule has 0 fully saturated rings. The number of carbonyl (C=O) groups is 2. The number of thioether (sulfide) groups is 1. The Balaban J connectivity index is 1.77. The number of carbonyl (C=O) groups excluding carboxylic acids is 1. The number of hydrogen-bond acceptors (Lipinski definition) is 3. The lowest BCUT2D eigenvalue weighted by Crippen LogP contribution is -2.27. The number of carboxylic acids is 1. The molecule has 0 bridgehead atoms. The average Bonchev–Trinajstić information content (AvgIpc) is 3.12. The van der Waals surface area contributed by atoms with Crippen molar-refractivity contribution in [2.75, 3.05) is 7.05 Å². The molecule has 3 aromatic rings. The van der Waals surface area contributed by atoms with Crippen molar-refractivity contribution >= 4 is 23.6 Å². The Labute approximate surface area is 171 Å². The number of likely N-dealkylation sites (N-methyl/N-ethyl adjacent to an activating group) is 1. The van der Waals surface area contributed by atoms with Crippen molar-refractivity contribution in [3.8, 4) is 11.1 Å². The first kappa shape index (κ1) is 19.2. The van der Waals surface area contributed by atoms with Gasteiger partial charge in [-0.15, -0.1) is 11.8 Å². The summed E-state index contributed by atoms with van der Waals surface area (Å²) in [6.45, 7) is 0. The van der Waals surface area contributed by atoms with Gasteiger partial charge in [0.1, 0.15) is 5.82 Å². The van der Waals surface area contributed by atoms with Crippen molar-refractivity contribution in [1.29, 1.82) is 0 Å². The molecule has 1 heterocycles. The van der Waals surface area contributed by atoms with Crippen molar-refractivity contribution < 1.29 is 19.1 Å². The Bertz CT molecular complexity index is 1100. The molecule has 146 valence electrons. The third-order valence-corrected chi connectivity index (χ3v) is 6.50. The molecule has 2 unspecified atom stereocenters. The summed E-state index contributed by atoms with van der Waals surface area (Å²) in [6.07, 6.45) is 0. The number of rotatable bonds is 4. The summed E-state index contributed by atoms with van der Waals surface area (Å²) >= 11 is 1.58. The van der Waals surface area contributed by atoms with Crippen LogP contribution in [-0.2, 0) is 4.79 Å². The molecule has 29 heavy (non-hydrogen) atoms. The molecule has 0 spiro atoms. The van der Waals surface area contributed by atoms with Gasteiger partial charge in [0.05, 0.1) is 16.7 Å². The van der Waals surface area contributed by atoms with Gasteiger partial charge in [0.2, 0.25) is 5.91 Å². The molecule has 4 rings (SSSR count). The van der Waals surface area contributed by atoms with Crippen LogP contribution < -0.4 is 5.32 Å². The van der Waals surface area contributed by atoms with E-state index in [4.69, 9.17) is 0 Å². The van der Waals surface area contributed by atoms with E-state index in [0.29, 0.717) is 0 Å². The van der Waals surface area contributed by atoms with Gasteiger partial charge >= 0.3 is 5.97 Å². The fourth-order valence-electron chi connectivity index (χ4n) is 3.63. The molecule has 1 aliphatic heterocycles. The lowest BCUT2D eigenvalue weighted by Gasteiger charge is -2.19. The minimum absolute atomic E-state index is 0.109. The van der Waals surface area contributed by atoms with E-state index < -0.39 is 11.9 Å². The first-order valence-electron chi connectivity index (χ1n) is 9.09. The van der Waals surface area contributed by atoms with Gasteiger partial charge in [-0.25, -0.2) is 9.18 Å². The van der Waals surface area contributed by atoms with Crippen molar-refractivity contribution in [3.05, 3.63) is 89.2 Å². The zero-order valence-corrected chi connectivity index (χ0v) is 16.4. The van der Waals surface area contributed by atoms with Gasteiger partial charge in [-0.3, -0.25) is 4.79 Å². The van der Waals surface area contributed by atoms with Crippen LogP contribution >= 0.6 is 11.8 Å². The second-order valence-corrected chi connectivity index (χ2v) is 8.00.